The first-order valence-corrected chi connectivity index (χ1v) is 10.9. The maximum absolute atomic E-state index is 13.2. The molecule has 1 unspecified atom stereocenters. The third-order valence-corrected chi connectivity index (χ3v) is 7.32. The van der Waals surface area contributed by atoms with Gasteiger partial charge in [0.15, 0.2) is 0 Å². The van der Waals surface area contributed by atoms with Gasteiger partial charge in [0, 0.05) is 52.0 Å². The first kappa shape index (κ1) is 19.2. The molecule has 10 heteroatoms. The Labute approximate surface area is 169 Å². The van der Waals surface area contributed by atoms with E-state index in [1.165, 1.54) is 15.2 Å². The molecule has 2 saturated heterocycles. The summed E-state index contributed by atoms with van der Waals surface area (Å²) in [4.78, 5) is 16.3. The van der Waals surface area contributed by atoms with Crippen molar-refractivity contribution in [3.8, 4) is 0 Å². The van der Waals surface area contributed by atoms with Crippen molar-refractivity contribution >= 4 is 33.2 Å². The molecule has 2 aliphatic rings. The summed E-state index contributed by atoms with van der Waals surface area (Å²) in [6, 6.07) is 7.66. The molecule has 0 aliphatic carbocycles. The molecule has 0 saturated carbocycles. The molecule has 1 aromatic heterocycles. The topological polar surface area (TPSA) is 78.5 Å². The van der Waals surface area contributed by atoms with E-state index in [4.69, 9.17) is 11.6 Å². The van der Waals surface area contributed by atoms with E-state index >= 15 is 0 Å². The molecule has 1 amide bonds. The molecule has 28 heavy (non-hydrogen) atoms. The van der Waals surface area contributed by atoms with E-state index in [-0.39, 0.29) is 22.5 Å². The monoisotopic (exact) mass is 423 g/mol. The van der Waals surface area contributed by atoms with Gasteiger partial charge in [0.25, 0.3) is 15.9 Å². The number of anilines is 1. The molecule has 3 heterocycles. The van der Waals surface area contributed by atoms with Crippen LogP contribution in [0.4, 0.5) is 5.69 Å². The minimum Gasteiger partial charge on any atom is -0.368 e. The maximum atomic E-state index is 13.2. The summed E-state index contributed by atoms with van der Waals surface area (Å²) in [5.41, 5.74) is 1.03. The Balaban J connectivity index is 1.54. The molecular weight excluding hydrogens is 402 g/mol. The highest BCUT2D eigenvalue weighted by Gasteiger charge is 2.40. The number of amides is 1. The highest BCUT2D eigenvalue weighted by Crippen LogP contribution is 2.29. The molecule has 2 aromatic rings. The zero-order valence-corrected chi connectivity index (χ0v) is 17.3. The summed E-state index contributed by atoms with van der Waals surface area (Å²) in [6.07, 6.45) is 1.49. The fourth-order valence-electron chi connectivity index (χ4n) is 3.48. The van der Waals surface area contributed by atoms with Gasteiger partial charge in [-0.3, -0.25) is 9.48 Å². The standard InChI is InChI=1S/C18H22ClN5O3S/c1-13-11-24(13)18(25)14-12-21(2)20-17(14)28(26,27)23-9-7-22(8-10-23)16-6-4-3-5-15(16)19/h3-6,12-13H,7-11H2,1-2H3. The lowest BCUT2D eigenvalue weighted by Gasteiger charge is -2.35. The Morgan fingerprint density at radius 2 is 1.82 bits per heavy atom. The summed E-state index contributed by atoms with van der Waals surface area (Å²) in [5.74, 6) is -0.283. The lowest BCUT2D eigenvalue weighted by Crippen LogP contribution is -2.49. The van der Waals surface area contributed by atoms with Crippen molar-refractivity contribution in [2.24, 2.45) is 7.05 Å². The first-order chi connectivity index (χ1) is 13.3. The van der Waals surface area contributed by atoms with E-state index in [9.17, 15) is 13.2 Å². The number of hydrogen-bond donors (Lipinski definition) is 0. The van der Waals surface area contributed by atoms with Gasteiger partial charge in [0.1, 0.15) is 0 Å². The number of piperazine rings is 1. The van der Waals surface area contributed by atoms with Crippen molar-refractivity contribution in [2.45, 2.75) is 18.0 Å². The number of carbonyl (C=O) groups is 1. The van der Waals surface area contributed by atoms with Crippen molar-refractivity contribution in [3.05, 3.63) is 41.0 Å². The minimum atomic E-state index is -3.86. The zero-order valence-electron chi connectivity index (χ0n) is 15.7. The van der Waals surface area contributed by atoms with Crippen LogP contribution >= 0.6 is 11.6 Å². The highest BCUT2D eigenvalue weighted by atomic mass is 35.5. The molecule has 2 fully saturated rings. The largest absolute Gasteiger partial charge is 0.368 e. The Kier molecular flexibility index (Phi) is 4.84. The zero-order chi connectivity index (χ0) is 20.1. The number of aromatic nitrogens is 2. The van der Waals surface area contributed by atoms with E-state index in [0.29, 0.717) is 37.7 Å². The Bertz CT molecular complexity index is 1010. The normalized spacial score (nSPS) is 20.5. The van der Waals surface area contributed by atoms with Crippen molar-refractivity contribution in [1.82, 2.24) is 19.0 Å². The van der Waals surface area contributed by atoms with Gasteiger partial charge < -0.3 is 9.80 Å². The van der Waals surface area contributed by atoms with Gasteiger partial charge in [-0.15, -0.1) is 0 Å². The fraction of sp³-hybridized carbons (Fsp3) is 0.444. The Hall–Kier alpha value is -2.10. The number of halogens is 1. The summed E-state index contributed by atoms with van der Waals surface area (Å²) in [7, 11) is -2.24. The van der Waals surface area contributed by atoms with Crippen LogP contribution in [-0.2, 0) is 17.1 Å². The maximum Gasteiger partial charge on any atom is 0.263 e. The van der Waals surface area contributed by atoms with E-state index in [2.05, 4.69) is 10.00 Å². The molecule has 0 N–H and O–H groups in total. The second-order valence-corrected chi connectivity index (χ2v) is 9.43. The van der Waals surface area contributed by atoms with Gasteiger partial charge in [-0.25, -0.2) is 8.42 Å². The van der Waals surface area contributed by atoms with E-state index in [1.807, 2.05) is 31.2 Å². The summed E-state index contributed by atoms with van der Waals surface area (Å²) in [5, 5.41) is 4.59. The van der Waals surface area contributed by atoms with E-state index in [0.717, 1.165) is 5.69 Å². The van der Waals surface area contributed by atoms with Crippen molar-refractivity contribution in [2.75, 3.05) is 37.6 Å². The minimum absolute atomic E-state index is 0.139. The quantitative estimate of drug-likeness (QED) is 0.695. The number of nitrogens with zero attached hydrogens (tertiary/aromatic N) is 5. The smallest absolute Gasteiger partial charge is 0.263 e. The number of rotatable bonds is 4. The van der Waals surface area contributed by atoms with Crippen LogP contribution in [0.15, 0.2) is 35.5 Å². The molecule has 8 nitrogen and oxygen atoms in total. The van der Waals surface area contributed by atoms with Crippen LogP contribution in [0.2, 0.25) is 5.02 Å². The van der Waals surface area contributed by atoms with Crippen LogP contribution in [-0.4, -0.2) is 72.1 Å². The van der Waals surface area contributed by atoms with Crippen molar-refractivity contribution < 1.29 is 13.2 Å². The van der Waals surface area contributed by atoms with Gasteiger partial charge in [-0.1, -0.05) is 23.7 Å². The third-order valence-electron chi connectivity index (χ3n) is 5.16. The number of aryl methyl sites for hydroxylation is 1. The van der Waals surface area contributed by atoms with Gasteiger partial charge in [-0.2, -0.15) is 9.40 Å². The van der Waals surface area contributed by atoms with E-state index < -0.39 is 10.0 Å². The second-order valence-electron chi connectivity index (χ2n) is 7.17. The number of para-hydroxylation sites is 1. The average Bonchev–Trinajstić information content (AvgIpc) is 3.27. The van der Waals surface area contributed by atoms with Gasteiger partial charge in [0.2, 0.25) is 5.03 Å². The third kappa shape index (κ3) is 3.38. The summed E-state index contributed by atoms with van der Waals surface area (Å²) >= 11 is 6.26. The van der Waals surface area contributed by atoms with Crippen molar-refractivity contribution in [3.63, 3.8) is 0 Å². The van der Waals surface area contributed by atoms with Crippen LogP contribution in [0.1, 0.15) is 17.3 Å². The molecule has 0 bridgehead atoms. The number of carbonyl (C=O) groups excluding carboxylic acids is 1. The van der Waals surface area contributed by atoms with Crippen LogP contribution in [0.3, 0.4) is 0 Å². The number of benzene rings is 1. The fourth-order valence-corrected chi connectivity index (χ4v) is 5.27. The highest BCUT2D eigenvalue weighted by molar-refractivity contribution is 7.89. The Morgan fingerprint density at radius 3 is 2.43 bits per heavy atom. The van der Waals surface area contributed by atoms with Gasteiger partial charge in [0.05, 0.1) is 16.3 Å². The SMILES string of the molecule is CC1CN1C(=O)c1cn(C)nc1S(=O)(=O)N1CCN(c2ccccc2Cl)CC1. The second kappa shape index (κ2) is 7.06. The molecule has 150 valence electrons. The molecule has 0 radical (unpaired) electrons. The lowest BCUT2D eigenvalue weighted by molar-refractivity contribution is 0.0872. The summed E-state index contributed by atoms with van der Waals surface area (Å²) < 4.78 is 29.2. The summed E-state index contributed by atoms with van der Waals surface area (Å²) in [6.45, 7) is 4.21. The molecule has 1 atom stereocenters. The Morgan fingerprint density at radius 1 is 1.18 bits per heavy atom. The van der Waals surface area contributed by atoms with Crippen molar-refractivity contribution in [1.29, 1.82) is 0 Å². The molecule has 4 rings (SSSR count). The van der Waals surface area contributed by atoms with Crippen LogP contribution in [0.5, 0.6) is 0 Å². The number of hydrogen-bond acceptors (Lipinski definition) is 5. The molecular formula is C18H22ClN5O3S. The van der Waals surface area contributed by atoms with Crippen LogP contribution in [0, 0.1) is 0 Å². The molecule has 0 spiro atoms. The first-order valence-electron chi connectivity index (χ1n) is 9.13. The molecule has 1 aromatic carbocycles. The van der Waals surface area contributed by atoms with Crippen LogP contribution < -0.4 is 4.90 Å². The average molecular weight is 424 g/mol. The predicted molar refractivity (Wildman–Crippen MR) is 106 cm³/mol. The number of sulfonamides is 1. The predicted octanol–water partition coefficient (Wildman–Crippen LogP) is 1.43. The van der Waals surface area contributed by atoms with Crippen LogP contribution in [0.25, 0.3) is 0 Å². The lowest BCUT2D eigenvalue weighted by atomic mass is 10.2. The van der Waals surface area contributed by atoms with E-state index in [1.54, 1.807) is 11.9 Å². The van der Waals surface area contributed by atoms with Gasteiger partial charge >= 0.3 is 0 Å². The molecule has 2 aliphatic heterocycles. The van der Waals surface area contributed by atoms with Gasteiger partial charge in [-0.05, 0) is 19.1 Å².